The minimum absolute atomic E-state index is 0.456. The van der Waals surface area contributed by atoms with Gasteiger partial charge in [0.05, 0.1) is 23.4 Å². The van der Waals surface area contributed by atoms with Gasteiger partial charge < -0.3 is 4.90 Å². The minimum Gasteiger partial charge on any atom is -0.367 e. The highest BCUT2D eigenvalue weighted by Gasteiger charge is 2.10. The summed E-state index contributed by atoms with van der Waals surface area (Å²) in [5, 5.41) is 9.00. The summed E-state index contributed by atoms with van der Waals surface area (Å²) >= 11 is 1.63. The second-order valence-corrected chi connectivity index (χ2v) is 4.64. The zero-order chi connectivity index (χ0) is 12.3. The molecule has 0 aliphatic rings. The highest BCUT2D eigenvalue weighted by Crippen LogP contribution is 2.21. The van der Waals surface area contributed by atoms with Gasteiger partial charge in [-0.05, 0) is 19.1 Å². The van der Waals surface area contributed by atoms with Crippen molar-refractivity contribution in [3.63, 3.8) is 0 Å². The van der Waals surface area contributed by atoms with E-state index in [2.05, 4.69) is 16.0 Å². The fraction of sp³-hybridized carbons (Fsp3) is 0.250. The summed E-state index contributed by atoms with van der Waals surface area (Å²) in [5.41, 5.74) is 4.19. The van der Waals surface area contributed by atoms with Gasteiger partial charge >= 0.3 is 0 Å². The molecular weight excluding hydrogens is 232 g/mol. The number of nitriles is 1. The van der Waals surface area contributed by atoms with E-state index in [-0.39, 0.29) is 0 Å². The van der Waals surface area contributed by atoms with Crippen LogP contribution < -0.4 is 4.90 Å². The van der Waals surface area contributed by atoms with Gasteiger partial charge in [0.15, 0.2) is 5.69 Å². The highest BCUT2D eigenvalue weighted by molar-refractivity contribution is 7.09. The van der Waals surface area contributed by atoms with Crippen molar-refractivity contribution in [2.45, 2.75) is 13.5 Å². The van der Waals surface area contributed by atoms with Crippen LogP contribution in [-0.4, -0.2) is 17.0 Å². The zero-order valence-electron chi connectivity index (χ0n) is 9.71. The van der Waals surface area contributed by atoms with Crippen molar-refractivity contribution in [1.82, 2.24) is 9.97 Å². The lowest BCUT2D eigenvalue weighted by Gasteiger charge is -2.19. The molecule has 0 fully saturated rings. The van der Waals surface area contributed by atoms with Gasteiger partial charge in [-0.25, -0.2) is 9.97 Å². The molecule has 0 saturated heterocycles. The van der Waals surface area contributed by atoms with Crippen LogP contribution in [0.5, 0.6) is 0 Å². The molecule has 0 aromatic carbocycles. The molecule has 0 radical (unpaired) electrons. The van der Waals surface area contributed by atoms with E-state index in [1.807, 2.05) is 36.5 Å². The first-order valence-electron chi connectivity index (χ1n) is 5.17. The van der Waals surface area contributed by atoms with Crippen LogP contribution >= 0.6 is 11.3 Å². The Labute approximate surface area is 104 Å². The predicted octanol–water partition coefficient (Wildman–Crippen LogP) is 2.35. The Morgan fingerprint density at radius 3 is 2.94 bits per heavy atom. The molecule has 5 heteroatoms. The lowest BCUT2D eigenvalue weighted by Crippen LogP contribution is -2.17. The summed E-state index contributed by atoms with van der Waals surface area (Å²) in [6, 6.07) is 5.85. The van der Waals surface area contributed by atoms with Gasteiger partial charge in [-0.1, -0.05) is 0 Å². The fourth-order valence-electron chi connectivity index (χ4n) is 1.57. The molecular formula is C12H12N4S. The van der Waals surface area contributed by atoms with Crippen molar-refractivity contribution >= 4 is 17.0 Å². The molecule has 0 unspecified atom stereocenters. The first-order chi connectivity index (χ1) is 8.22. The van der Waals surface area contributed by atoms with Crippen LogP contribution in [0.2, 0.25) is 0 Å². The summed E-state index contributed by atoms with van der Waals surface area (Å²) < 4.78 is 0. The normalized spacial score (nSPS) is 9.94. The third kappa shape index (κ3) is 2.43. The number of aromatic nitrogens is 2. The monoisotopic (exact) mass is 244 g/mol. The maximum Gasteiger partial charge on any atom is 0.163 e. The van der Waals surface area contributed by atoms with E-state index in [1.54, 1.807) is 17.5 Å². The number of nitrogens with zero attached hydrogens (tertiary/aromatic N) is 4. The van der Waals surface area contributed by atoms with Crippen molar-refractivity contribution < 1.29 is 0 Å². The van der Waals surface area contributed by atoms with Gasteiger partial charge in [-0.3, -0.25) is 0 Å². The number of hydrogen-bond acceptors (Lipinski definition) is 5. The standard InChI is InChI=1S/C12H12N4S/c1-9-12(17-8-15-9)7-16(2)11-4-3-5-14-10(11)6-13/h3-5,8H,7H2,1-2H3. The van der Waals surface area contributed by atoms with Crippen molar-refractivity contribution in [3.05, 3.63) is 40.1 Å². The molecule has 0 bridgehead atoms. The van der Waals surface area contributed by atoms with Crippen LogP contribution in [0, 0.1) is 18.3 Å². The molecule has 0 amide bonds. The van der Waals surface area contributed by atoms with Gasteiger partial charge in [-0.2, -0.15) is 5.26 Å². The summed E-state index contributed by atoms with van der Waals surface area (Å²) in [5.74, 6) is 0. The first-order valence-corrected chi connectivity index (χ1v) is 6.05. The van der Waals surface area contributed by atoms with Crippen molar-refractivity contribution in [1.29, 1.82) is 5.26 Å². The number of hydrogen-bond donors (Lipinski definition) is 0. The SMILES string of the molecule is Cc1ncsc1CN(C)c1cccnc1C#N. The maximum atomic E-state index is 9.00. The zero-order valence-corrected chi connectivity index (χ0v) is 10.5. The largest absolute Gasteiger partial charge is 0.367 e. The van der Waals surface area contributed by atoms with Crippen LogP contribution in [0.25, 0.3) is 0 Å². The fourth-order valence-corrected chi connectivity index (χ4v) is 2.40. The number of rotatable bonds is 3. The molecule has 0 aliphatic carbocycles. The molecule has 2 aromatic heterocycles. The molecule has 2 rings (SSSR count). The van der Waals surface area contributed by atoms with Gasteiger partial charge in [0.25, 0.3) is 0 Å². The molecule has 0 spiro atoms. The first kappa shape index (κ1) is 11.6. The Morgan fingerprint density at radius 1 is 1.47 bits per heavy atom. The van der Waals surface area contributed by atoms with Crippen molar-refractivity contribution in [2.24, 2.45) is 0 Å². The molecule has 0 N–H and O–H groups in total. The van der Waals surface area contributed by atoms with E-state index in [0.29, 0.717) is 5.69 Å². The lowest BCUT2D eigenvalue weighted by atomic mass is 10.2. The number of anilines is 1. The smallest absolute Gasteiger partial charge is 0.163 e. The second-order valence-electron chi connectivity index (χ2n) is 3.70. The van der Waals surface area contributed by atoms with Crippen molar-refractivity contribution in [2.75, 3.05) is 11.9 Å². The number of aryl methyl sites for hydroxylation is 1. The third-order valence-corrected chi connectivity index (χ3v) is 3.45. The molecule has 0 saturated carbocycles. The van der Waals surface area contributed by atoms with E-state index in [9.17, 15) is 0 Å². The molecule has 2 heterocycles. The van der Waals surface area contributed by atoms with E-state index >= 15 is 0 Å². The average Bonchev–Trinajstić information content (AvgIpc) is 2.75. The molecule has 0 aliphatic heterocycles. The second kappa shape index (κ2) is 4.93. The van der Waals surface area contributed by atoms with Crippen LogP contribution in [0.1, 0.15) is 16.3 Å². The quantitative estimate of drug-likeness (QED) is 0.831. The maximum absolute atomic E-state index is 9.00. The average molecular weight is 244 g/mol. The van der Waals surface area contributed by atoms with Crippen LogP contribution in [0.15, 0.2) is 23.8 Å². The third-order valence-electron chi connectivity index (χ3n) is 2.53. The molecule has 86 valence electrons. The van der Waals surface area contributed by atoms with Crippen LogP contribution in [-0.2, 0) is 6.54 Å². The van der Waals surface area contributed by atoms with Crippen molar-refractivity contribution in [3.8, 4) is 6.07 Å². The van der Waals surface area contributed by atoms with E-state index in [1.165, 1.54) is 4.88 Å². The molecule has 0 atom stereocenters. The lowest BCUT2D eigenvalue weighted by molar-refractivity contribution is 0.917. The van der Waals surface area contributed by atoms with E-state index in [0.717, 1.165) is 17.9 Å². The summed E-state index contributed by atoms with van der Waals surface area (Å²) in [6.45, 7) is 2.74. The number of thiazole rings is 1. The van der Waals surface area contributed by atoms with Gasteiger partial charge in [0.2, 0.25) is 0 Å². The Morgan fingerprint density at radius 2 is 2.29 bits per heavy atom. The highest BCUT2D eigenvalue weighted by atomic mass is 32.1. The summed E-state index contributed by atoms with van der Waals surface area (Å²) in [7, 11) is 1.96. The van der Waals surface area contributed by atoms with E-state index in [4.69, 9.17) is 5.26 Å². The summed E-state index contributed by atoms with van der Waals surface area (Å²) in [6.07, 6.45) is 1.63. The summed E-state index contributed by atoms with van der Waals surface area (Å²) in [4.78, 5) is 11.5. The Balaban J connectivity index is 2.24. The molecule has 17 heavy (non-hydrogen) atoms. The number of pyridine rings is 1. The van der Waals surface area contributed by atoms with Crippen LogP contribution in [0.3, 0.4) is 0 Å². The van der Waals surface area contributed by atoms with Crippen LogP contribution in [0.4, 0.5) is 5.69 Å². The van der Waals surface area contributed by atoms with Gasteiger partial charge in [0, 0.05) is 18.1 Å². The Bertz CT molecular complexity index is 556. The Kier molecular flexibility index (Phi) is 3.35. The molecule has 4 nitrogen and oxygen atoms in total. The molecule has 2 aromatic rings. The Hall–Kier alpha value is -1.93. The topological polar surface area (TPSA) is 52.8 Å². The van der Waals surface area contributed by atoms with E-state index < -0.39 is 0 Å². The van der Waals surface area contributed by atoms with Gasteiger partial charge in [-0.15, -0.1) is 11.3 Å². The predicted molar refractivity (Wildman–Crippen MR) is 67.9 cm³/mol. The minimum atomic E-state index is 0.456. The van der Waals surface area contributed by atoms with Gasteiger partial charge in [0.1, 0.15) is 6.07 Å².